The van der Waals surface area contributed by atoms with Crippen LogP contribution >= 0.6 is 0 Å². The Kier molecular flexibility index (Phi) is 3.45. The number of ketones is 1. The van der Waals surface area contributed by atoms with Gasteiger partial charge in [-0.15, -0.1) is 0 Å². The molecule has 1 aliphatic carbocycles. The number of carbonyl (C=O) groups excluding carboxylic acids is 2. The maximum Gasteiger partial charge on any atom is 0.326 e. The normalized spacial score (nSPS) is 29.9. The fourth-order valence-corrected chi connectivity index (χ4v) is 3.05. The zero-order chi connectivity index (χ0) is 15.8. The minimum atomic E-state index is -1.88. The summed E-state index contributed by atoms with van der Waals surface area (Å²) in [5, 5.41) is 10.6. The molecular formula is C17H17NO4. The zero-order valence-electron chi connectivity index (χ0n) is 12.3. The summed E-state index contributed by atoms with van der Waals surface area (Å²) in [4.78, 5) is 29.7. The van der Waals surface area contributed by atoms with E-state index in [0.717, 1.165) is 0 Å². The van der Waals surface area contributed by atoms with E-state index in [9.17, 15) is 14.7 Å². The summed E-state index contributed by atoms with van der Waals surface area (Å²) in [7, 11) is 0. The molecule has 0 unspecified atom stereocenters. The molecule has 0 spiro atoms. The van der Waals surface area contributed by atoms with Crippen LogP contribution in [-0.4, -0.2) is 34.9 Å². The average molecular weight is 299 g/mol. The van der Waals surface area contributed by atoms with Crippen molar-refractivity contribution < 1.29 is 19.4 Å². The van der Waals surface area contributed by atoms with Crippen molar-refractivity contribution in [1.82, 2.24) is 0 Å². The van der Waals surface area contributed by atoms with Gasteiger partial charge in [0, 0.05) is 6.42 Å². The van der Waals surface area contributed by atoms with Crippen molar-refractivity contribution in [2.24, 2.45) is 10.4 Å². The summed E-state index contributed by atoms with van der Waals surface area (Å²) in [5.74, 6) is -1.24. The summed E-state index contributed by atoms with van der Waals surface area (Å²) in [6.45, 7) is 1.85. The number of aliphatic imine (C=N–C) groups is 1. The van der Waals surface area contributed by atoms with Crippen molar-refractivity contribution in [2.75, 3.05) is 6.61 Å². The van der Waals surface area contributed by atoms with Gasteiger partial charge in [0.1, 0.15) is 0 Å². The number of hydrogen-bond donors (Lipinski definition) is 1. The van der Waals surface area contributed by atoms with E-state index in [1.54, 1.807) is 43.3 Å². The van der Waals surface area contributed by atoms with Crippen LogP contribution in [0.3, 0.4) is 0 Å². The number of allylic oxidation sites excluding steroid dienone is 1. The smallest absolute Gasteiger partial charge is 0.326 e. The van der Waals surface area contributed by atoms with Gasteiger partial charge in [0.2, 0.25) is 11.5 Å². The minimum absolute atomic E-state index is 0.0727. The lowest BCUT2D eigenvalue weighted by atomic mass is 9.74. The highest BCUT2D eigenvalue weighted by atomic mass is 16.5. The summed E-state index contributed by atoms with van der Waals surface area (Å²) >= 11 is 0. The second kappa shape index (κ2) is 5.18. The second-order valence-corrected chi connectivity index (χ2v) is 5.48. The molecule has 1 aliphatic heterocycles. The Hall–Kier alpha value is -2.27. The maximum absolute atomic E-state index is 12.8. The molecule has 5 nitrogen and oxygen atoms in total. The molecule has 0 radical (unpaired) electrons. The number of carbonyl (C=O) groups is 2. The fourth-order valence-electron chi connectivity index (χ4n) is 3.05. The first-order valence-electron chi connectivity index (χ1n) is 7.30. The Morgan fingerprint density at radius 3 is 2.64 bits per heavy atom. The van der Waals surface area contributed by atoms with Gasteiger partial charge in [-0.25, -0.2) is 4.99 Å². The molecule has 0 fully saturated rings. The van der Waals surface area contributed by atoms with E-state index in [2.05, 4.69) is 4.99 Å². The molecule has 1 aromatic carbocycles. The SMILES string of the molecule is CCOC(=O)[C@@]12CC=CC[C@@](O)(N=C1c1ccccc1)C2=O. The van der Waals surface area contributed by atoms with Gasteiger partial charge in [-0.05, 0) is 18.9 Å². The number of nitrogens with zero attached hydrogens (tertiary/aromatic N) is 1. The second-order valence-electron chi connectivity index (χ2n) is 5.48. The topological polar surface area (TPSA) is 76.0 Å². The molecule has 3 rings (SSSR count). The Morgan fingerprint density at radius 2 is 1.95 bits per heavy atom. The molecule has 0 amide bonds. The van der Waals surface area contributed by atoms with E-state index in [0.29, 0.717) is 11.3 Å². The number of ether oxygens (including phenoxy) is 1. The number of esters is 1. The van der Waals surface area contributed by atoms with Crippen molar-refractivity contribution in [3.63, 3.8) is 0 Å². The summed E-state index contributed by atoms with van der Waals surface area (Å²) in [6.07, 6.45) is 3.65. The van der Waals surface area contributed by atoms with Crippen LogP contribution in [0.1, 0.15) is 25.3 Å². The van der Waals surface area contributed by atoms with Crippen molar-refractivity contribution in [1.29, 1.82) is 0 Å². The van der Waals surface area contributed by atoms with Crippen molar-refractivity contribution >= 4 is 17.5 Å². The van der Waals surface area contributed by atoms with E-state index in [4.69, 9.17) is 4.74 Å². The summed E-state index contributed by atoms with van der Waals surface area (Å²) < 4.78 is 5.14. The number of aliphatic hydroxyl groups is 1. The Balaban J connectivity index is 2.20. The molecule has 0 aromatic heterocycles. The van der Waals surface area contributed by atoms with Crippen LogP contribution in [0, 0.1) is 5.41 Å². The number of rotatable bonds is 3. The van der Waals surface area contributed by atoms with Gasteiger partial charge >= 0.3 is 5.97 Å². The molecule has 114 valence electrons. The van der Waals surface area contributed by atoms with Gasteiger partial charge in [0.15, 0.2) is 5.41 Å². The number of fused-ring (bicyclic) bond motifs is 2. The lowest BCUT2D eigenvalue weighted by molar-refractivity contribution is -0.159. The highest BCUT2D eigenvalue weighted by molar-refractivity contribution is 6.34. The molecule has 0 saturated heterocycles. The lowest BCUT2D eigenvalue weighted by Crippen LogP contribution is -2.49. The van der Waals surface area contributed by atoms with Crippen LogP contribution in [0.25, 0.3) is 0 Å². The molecule has 1 aromatic rings. The molecule has 22 heavy (non-hydrogen) atoms. The zero-order valence-corrected chi connectivity index (χ0v) is 12.3. The molecule has 0 saturated carbocycles. The highest BCUT2D eigenvalue weighted by Crippen LogP contribution is 2.45. The third kappa shape index (κ3) is 1.93. The molecule has 2 aliphatic rings. The number of benzene rings is 1. The summed E-state index contributed by atoms with van der Waals surface area (Å²) in [5.41, 5.74) is -2.50. The third-order valence-corrected chi connectivity index (χ3v) is 4.12. The number of hydrogen-bond acceptors (Lipinski definition) is 5. The maximum atomic E-state index is 12.8. The Morgan fingerprint density at radius 1 is 1.27 bits per heavy atom. The van der Waals surface area contributed by atoms with E-state index >= 15 is 0 Å². The molecule has 1 N–H and O–H groups in total. The van der Waals surface area contributed by atoms with Crippen LogP contribution in [0.15, 0.2) is 47.5 Å². The Labute approximate surface area is 128 Å². The van der Waals surface area contributed by atoms with Crippen LogP contribution in [0.2, 0.25) is 0 Å². The lowest BCUT2D eigenvalue weighted by Gasteiger charge is -2.26. The molecule has 1 heterocycles. The van der Waals surface area contributed by atoms with Crippen molar-refractivity contribution in [3.8, 4) is 0 Å². The van der Waals surface area contributed by atoms with Gasteiger partial charge in [-0.2, -0.15) is 0 Å². The number of Topliss-reactive ketones (excluding diaryl/α,β-unsaturated/α-hetero) is 1. The third-order valence-electron chi connectivity index (χ3n) is 4.12. The predicted octanol–water partition coefficient (Wildman–Crippen LogP) is 1.65. The van der Waals surface area contributed by atoms with Crippen LogP contribution in [0.4, 0.5) is 0 Å². The van der Waals surface area contributed by atoms with E-state index in [-0.39, 0.29) is 19.4 Å². The predicted molar refractivity (Wildman–Crippen MR) is 80.4 cm³/mol. The van der Waals surface area contributed by atoms with Gasteiger partial charge in [-0.1, -0.05) is 42.5 Å². The van der Waals surface area contributed by atoms with Gasteiger partial charge in [-0.3, -0.25) is 9.59 Å². The molecule has 2 bridgehead atoms. The fraction of sp³-hybridized carbons (Fsp3) is 0.353. The Bertz CT molecular complexity index is 679. The van der Waals surface area contributed by atoms with Crippen LogP contribution in [-0.2, 0) is 14.3 Å². The van der Waals surface area contributed by atoms with Crippen LogP contribution < -0.4 is 0 Å². The van der Waals surface area contributed by atoms with Crippen LogP contribution in [0.5, 0.6) is 0 Å². The van der Waals surface area contributed by atoms with Crippen molar-refractivity contribution in [3.05, 3.63) is 48.0 Å². The monoisotopic (exact) mass is 299 g/mol. The van der Waals surface area contributed by atoms with E-state index < -0.39 is 22.9 Å². The highest BCUT2D eigenvalue weighted by Gasteiger charge is 2.63. The van der Waals surface area contributed by atoms with E-state index in [1.165, 1.54) is 0 Å². The molecule has 2 atom stereocenters. The van der Waals surface area contributed by atoms with Gasteiger partial charge in [0.05, 0.1) is 12.3 Å². The first-order valence-corrected chi connectivity index (χ1v) is 7.30. The minimum Gasteiger partial charge on any atom is -0.465 e. The largest absolute Gasteiger partial charge is 0.465 e. The van der Waals surface area contributed by atoms with Gasteiger partial charge in [0.25, 0.3) is 0 Å². The molecule has 5 heteroatoms. The quantitative estimate of drug-likeness (QED) is 0.523. The van der Waals surface area contributed by atoms with E-state index in [1.807, 2.05) is 6.07 Å². The van der Waals surface area contributed by atoms with Crippen molar-refractivity contribution in [2.45, 2.75) is 25.5 Å². The summed E-state index contributed by atoms with van der Waals surface area (Å²) in [6, 6.07) is 8.99. The molecular weight excluding hydrogens is 282 g/mol. The first kappa shape index (κ1) is 14.7. The average Bonchev–Trinajstić information content (AvgIpc) is 2.65. The van der Waals surface area contributed by atoms with Gasteiger partial charge < -0.3 is 9.84 Å². The first-order chi connectivity index (χ1) is 10.5. The standard InChI is InChI=1S/C17H17NO4/c1-2-22-15(20)16-10-6-7-11-17(21,14(16)19)18-13(16)12-8-4-3-5-9-12/h3-9,21H,2,10-11H2,1H3/t16-,17-/m0/s1.